The fourth-order valence-electron chi connectivity index (χ4n) is 3.59. The van der Waals surface area contributed by atoms with Crippen LogP contribution in [0.4, 0.5) is 23.2 Å². The third-order valence-corrected chi connectivity index (χ3v) is 6.98. The third-order valence-electron chi connectivity index (χ3n) is 4.93. The lowest BCUT2D eigenvalue weighted by atomic mass is 9.99. The molecule has 1 saturated heterocycles. The second-order valence-corrected chi connectivity index (χ2v) is 8.93. The molecule has 0 saturated carbocycles. The normalized spacial score (nSPS) is 21.9. The van der Waals surface area contributed by atoms with Gasteiger partial charge in [-0.2, -0.15) is 13.2 Å². The fourth-order valence-corrected chi connectivity index (χ4v) is 5.48. The molecule has 31 heavy (non-hydrogen) atoms. The number of alkyl halides is 3. The predicted molar refractivity (Wildman–Crippen MR) is 104 cm³/mol. The van der Waals surface area contributed by atoms with Gasteiger partial charge in [-0.3, -0.25) is 4.84 Å². The maximum atomic E-state index is 14.7. The highest BCUT2D eigenvalue weighted by Gasteiger charge is 2.62. The molecule has 0 radical (unpaired) electrons. The summed E-state index contributed by atoms with van der Waals surface area (Å²) in [6.07, 6.45) is -6.61. The molecule has 0 N–H and O–H groups in total. The Morgan fingerprint density at radius 2 is 1.55 bits per heavy atom. The van der Waals surface area contributed by atoms with Crippen LogP contribution in [-0.4, -0.2) is 30.9 Å². The van der Waals surface area contributed by atoms with E-state index in [0.29, 0.717) is 0 Å². The van der Waals surface area contributed by atoms with Gasteiger partial charge in [-0.1, -0.05) is 42.5 Å². The standard InChI is InChI=1S/C21H16F4N2O3S/c22-16-11-5-4-10-15(16)18-19(31(28,29)17-12-6-7-13-26-17)20(21(23,24)25)30-27(18)14-8-2-1-3-9-14/h1-13,18-20H/t18-,19-,20-/m1/s1. The highest BCUT2D eigenvalue weighted by Crippen LogP contribution is 2.48. The Hall–Kier alpha value is -2.98. The first-order valence-corrected chi connectivity index (χ1v) is 10.7. The van der Waals surface area contributed by atoms with Crippen molar-refractivity contribution in [1.29, 1.82) is 0 Å². The van der Waals surface area contributed by atoms with E-state index in [-0.39, 0.29) is 11.3 Å². The molecule has 0 amide bonds. The van der Waals surface area contributed by atoms with E-state index >= 15 is 0 Å². The largest absolute Gasteiger partial charge is 0.418 e. The molecule has 1 aliphatic rings. The van der Waals surface area contributed by atoms with Gasteiger partial charge in [0.2, 0.25) is 15.9 Å². The Kier molecular flexibility index (Phi) is 5.44. The lowest BCUT2D eigenvalue weighted by Crippen LogP contribution is -2.43. The summed E-state index contributed by atoms with van der Waals surface area (Å²) in [6.45, 7) is 0. The van der Waals surface area contributed by atoms with E-state index in [9.17, 15) is 26.0 Å². The van der Waals surface area contributed by atoms with Crippen LogP contribution in [-0.2, 0) is 14.7 Å². The van der Waals surface area contributed by atoms with Crippen molar-refractivity contribution in [2.24, 2.45) is 0 Å². The number of nitrogens with zero attached hydrogens (tertiary/aromatic N) is 2. The molecule has 0 spiro atoms. The van der Waals surface area contributed by atoms with Crippen LogP contribution in [0.3, 0.4) is 0 Å². The summed E-state index contributed by atoms with van der Waals surface area (Å²) in [5.41, 5.74) is -0.0775. The number of aromatic nitrogens is 1. The van der Waals surface area contributed by atoms with Gasteiger partial charge in [0.15, 0.2) is 5.03 Å². The number of hydrogen-bond acceptors (Lipinski definition) is 5. The van der Waals surface area contributed by atoms with Gasteiger partial charge in [0, 0.05) is 11.8 Å². The van der Waals surface area contributed by atoms with Crippen molar-refractivity contribution in [2.45, 2.75) is 28.6 Å². The SMILES string of the molecule is O=S(=O)(c1ccccn1)[C@@H]1[C@@H](c2ccccc2F)N(c2ccccc2)O[C@H]1C(F)(F)F. The minimum absolute atomic E-state index is 0.156. The van der Waals surface area contributed by atoms with E-state index in [1.54, 1.807) is 18.2 Å². The van der Waals surface area contributed by atoms with Crippen LogP contribution in [0.2, 0.25) is 0 Å². The molecule has 1 fully saturated rings. The number of rotatable bonds is 4. The molecule has 1 aromatic heterocycles. The average Bonchev–Trinajstić information content (AvgIpc) is 3.17. The van der Waals surface area contributed by atoms with E-state index in [1.807, 2.05) is 0 Å². The Bertz CT molecular complexity index is 1160. The topological polar surface area (TPSA) is 59.5 Å². The van der Waals surface area contributed by atoms with Crippen molar-refractivity contribution < 1.29 is 30.8 Å². The Morgan fingerprint density at radius 1 is 0.903 bits per heavy atom. The van der Waals surface area contributed by atoms with Crippen LogP contribution >= 0.6 is 0 Å². The first kappa shape index (κ1) is 21.3. The van der Waals surface area contributed by atoms with Gasteiger partial charge in [0.05, 0.1) is 5.69 Å². The molecule has 0 unspecified atom stereocenters. The first-order chi connectivity index (χ1) is 14.7. The Balaban J connectivity index is 1.96. The number of pyridine rings is 1. The molecule has 0 bridgehead atoms. The summed E-state index contributed by atoms with van der Waals surface area (Å²) in [6, 6.07) is 15.0. The monoisotopic (exact) mass is 452 g/mol. The molecular formula is C21H16F4N2O3S. The van der Waals surface area contributed by atoms with Crippen LogP contribution in [0.5, 0.6) is 0 Å². The highest BCUT2D eigenvalue weighted by atomic mass is 32.2. The maximum Gasteiger partial charge on any atom is 0.418 e. The van der Waals surface area contributed by atoms with Gasteiger partial charge < -0.3 is 0 Å². The van der Waals surface area contributed by atoms with E-state index in [0.717, 1.165) is 17.2 Å². The third kappa shape index (κ3) is 3.88. The molecule has 2 heterocycles. The van der Waals surface area contributed by atoms with Crippen LogP contribution in [0, 0.1) is 5.82 Å². The number of halogens is 4. The molecular weight excluding hydrogens is 436 g/mol. The number of sulfone groups is 1. The van der Waals surface area contributed by atoms with Crippen LogP contribution in [0.25, 0.3) is 0 Å². The molecule has 4 rings (SSSR count). The number of benzene rings is 2. The van der Waals surface area contributed by atoms with E-state index in [2.05, 4.69) is 4.98 Å². The quantitative estimate of drug-likeness (QED) is 0.546. The minimum Gasteiger partial charge on any atom is -0.258 e. The average molecular weight is 452 g/mol. The minimum atomic E-state index is -5.04. The van der Waals surface area contributed by atoms with Gasteiger partial charge in [0.25, 0.3) is 0 Å². The van der Waals surface area contributed by atoms with Crippen molar-refractivity contribution >= 4 is 15.5 Å². The Morgan fingerprint density at radius 3 is 2.16 bits per heavy atom. The van der Waals surface area contributed by atoms with Crippen molar-refractivity contribution in [1.82, 2.24) is 4.98 Å². The van der Waals surface area contributed by atoms with E-state index in [4.69, 9.17) is 4.84 Å². The van der Waals surface area contributed by atoms with Crippen molar-refractivity contribution in [3.63, 3.8) is 0 Å². The lowest BCUT2D eigenvalue weighted by Gasteiger charge is -2.27. The van der Waals surface area contributed by atoms with E-state index in [1.165, 1.54) is 48.7 Å². The molecule has 162 valence electrons. The summed E-state index contributed by atoms with van der Waals surface area (Å²) < 4.78 is 83.5. The first-order valence-electron chi connectivity index (χ1n) is 9.18. The van der Waals surface area contributed by atoms with Crippen LogP contribution in [0.15, 0.2) is 84.0 Å². The predicted octanol–water partition coefficient (Wildman–Crippen LogP) is 4.49. The summed E-state index contributed by atoms with van der Waals surface area (Å²) in [7, 11) is -4.69. The number of hydrogen-bond donors (Lipinski definition) is 0. The molecule has 3 aromatic rings. The summed E-state index contributed by atoms with van der Waals surface area (Å²) >= 11 is 0. The Labute approximate surface area is 175 Å². The van der Waals surface area contributed by atoms with Gasteiger partial charge in [0.1, 0.15) is 17.1 Å². The number of anilines is 1. The van der Waals surface area contributed by atoms with Crippen molar-refractivity contribution in [2.75, 3.05) is 5.06 Å². The van der Waals surface area contributed by atoms with Crippen molar-refractivity contribution in [3.05, 3.63) is 90.4 Å². The highest BCUT2D eigenvalue weighted by molar-refractivity contribution is 7.92. The van der Waals surface area contributed by atoms with Gasteiger partial charge in [-0.25, -0.2) is 22.9 Å². The summed E-state index contributed by atoms with van der Waals surface area (Å²) in [5.74, 6) is -0.846. The maximum absolute atomic E-state index is 14.7. The lowest BCUT2D eigenvalue weighted by molar-refractivity contribution is -0.208. The fraction of sp³-hybridized carbons (Fsp3) is 0.190. The van der Waals surface area contributed by atoms with Crippen LogP contribution < -0.4 is 5.06 Å². The van der Waals surface area contributed by atoms with E-state index < -0.39 is 44.3 Å². The summed E-state index contributed by atoms with van der Waals surface area (Å²) in [5, 5.41) is -1.92. The number of para-hydroxylation sites is 1. The molecule has 3 atom stereocenters. The molecule has 0 aliphatic carbocycles. The zero-order chi connectivity index (χ0) is 22.2. The van der Waals surface area contributed by atoms with Gasteiger partial charge in [-0.15, -0.1) is 0 Å². The number of hydroxylamine groups is 1. The van der Waals surface area contributed by atoms with Crippen molar-refractivity contribution in [3.8, 4) is 0 Å². The smallest absolute Gasteiger partial charge is 0.258 e. The second kappa shape index (κ2) is 7.93. The summed E-state index contributed by atoms with van der Waals surface area (Å²) in [4.78, 5) is 8.93. The van der Waals surface area contributed by atoms with Gasteiger partial charge in [-0.05, 0) is 30.3 Å². The molecule has 10 heteroatoms. The molecule has 5 nitrogen and oxygen atoms in total. The second-order valence-electron chi connectivity index (χ2n) is 6.87. The van der Waals surface area contributed by atoms with Crippen LogP contribution in [0.1, 0.15) is 11.6 Å². The molecule has 1 aliphatic heterocycles. The van der Waals surface area contributed by atoms with Gasteiger partial charge >= 0.3 is 6.18 Å². The zero-order valence-electron chi connectivity index (χ0n) is 15.8. The zero-order valence-corrected chi connectivity index (χ0v) is 16.6. The molecule has 2 aromatic carbocycles.